The molecule has 148 valence electrons. The number of rotatable bonds is 8. The quantitative estimate of drug-likeness (QED) is 0.656. The summed E-state index contributed by atoms with van der Waals surface area (Å²) in [6.07, 6.45) is -10.5. The van der Waals surface area contributed by atoms with Gasteiger partial charge in [0.05, 0.1) is 5.92 Å². The summed E-state index contributed by atoms with van der Waals surface area (Å²) in [7, 11) is 0. The van der Waals surface area contributed by atoms with Gasteiger partial charge in [-0.15, -0.1) is 26.3 Å². The van der Waals surface area contributed by atoms with Gasteiger partial charge in [-0.2, -0.15) is 0 Å². The molecule has 5 nitrogen and oxygen atoms in total. The molecule has 0 heterocycles. The van der Waals surface area contributed by atoms with Crippen LogP contribution in [0.4, 0.5) is 26.3 Å². The molecule has 0 fully saturated rings. The average Bonchev–Trinajstić information content (AvgIpc) is 2.46. The maximum Gasteiger partial charge on any atom is 0.573 e. The lowest BCUT2D eigenvalue weighted by Crippen LogP contribution is -2.26. The Morgan fingerprint density at radius 1 is 1.12 bits per heavy atom. The third kappa shape index (κ3) is 6.62. The van der Waals surface area contributed by atoms with Crippen LogP contribution in [0.15, 0.2) is 18.2 Å². The Kier molecular flexibility index (Phi) is 7.13. The van der Waals surface area contributed by atoms with Crippen molar-refractivity contribution in [1.82, 2.24) is 0 Å². The average molecular weight is 389 g/mol. The highest BCUT2D eigenvalue weighted by molar-refractivity contribution is 5.70. The van der Waals surface area contributed by atoms with Gasteiger partial charge in [0.15, 0.2) is 0 Å². The van der Waals surface area contributed by atoms with E-state index in [9.17, 15) is 31.1 Å². The van der Waals surface area contributed by atoms with Crippen LogP contribution in [0.5, 0.6) is 11.5 Å². The largest absolute Gasteiger partial charge is 0.573 e. The monoisotopic (exact) mass is 389 g/mol. The number of carboxylic acid groups (broad SMARTS) is 1. The van der Waals surface area contributed by atoms with Crippen molar-refractivity contribution in [1.29, 1.82) is 0 Å². The molecule has 0 saturated heterocycles. The molecule has 2 unspecified atom stereocenters. The molecule has 0 amide bonds. The predicted octanol–water partition coefficient (Wildman–Crippen LogP) is 4.03. The SMILES string of the molecule is CCC(CC(CN)C(=O)O)c1c(OC(F)(F)F)cccc1OC(F)(F)F. The van der Waals surface area contributed by atoms with E-state index in [2.05, 4.69) is 9.47 Å². The van der Waals surface area contributed by atoms with Crippen LogP contribution in [0.2, 0.25) is 0 Å². The number of hydrogen-bond donors (Lipinski definition) is 2. The number of hydrogen-bond acceptors (Lipinski definition) is 4. The molecule has 3 N–H and O–H groups in total. The van der Waals surface area contributed by atoms with E-state index in [1.807, 2.05) is 0 Å². The van der Waals surface area contributed by atoms with Crippen molar-refractivity contribution >= 4 is 5.97 Å². The van der Waals surface area contributed by atoms with Crippen LogP contribution in [0.1, 0.15) is 31.2 Å². The minimum atomic E-state index is -5.15. The molecule has 11 heteroatoms. The fourth-order valence-electron chi connectivity index (χ4n) is 2.48. The normalized spacial score (nSPS) is 14.6. The van der Waals surface area contributed by atoms with E-state index in [4.69, 9.17) is 10.8 Å². The Balaban J connectivity index is 3.42. The van der Waals surface area contributed by atoms with Crippen molar-refractivity contribution in [3.8, 4) is 11.5 Å². The zero-order chi connectivity index (χ0) is 20.1. The fourth-order valence-corrected chi connectivity index (χ4v) is 2.48. The molecular formula is C15H17F6NO4. The fraction of sp³-hybridized carbons (Fsp3) is 0.533. The first-order chi connectivity index (χ1) is 11.9. The Hall–Kier alpha value is -2.17. The number of halogens is 6. The van der Waals surface area contributed by atoms with Crippen LogP contribution in [-0.2, 0) is 4.79 Å². The minimum Gasteiger partial charge on any atom is -0.481 e. The first kappa shape index (κ1) is 21.9. The van der Waals surface area contributed by atoms with Gasteiger partial charge in [-0.3, -0.25) is 4.79 Å². The Bertz CT molecular complexity index is 583. The van der Waals surface area contributed by atoms with Gasteiger partial charge in [0.2, 0.25) is 0 Å². The third-order valence-electron chi connectivity index (χ3n) is 3.58. The molecule has 0 spiro atoms. The van der Waals surface area contributed by atoms with Crippen molar-refractivity contribution in [2.75, 3.05) is 6.54 Å². The molecule has 1 rings (SSSR count). The lowest BCUT2D eigenvalue weighted by Gasteiger charge is -2.25. The standard InChI is InChI=1S/C15H17F6NO4/c1-2-8(6-9(7-22)13(23)24)12-10(25-14(16,17)18)4-3-5-11(12)26-15(19,20)21/h3-5,8-9H,2,6-7,22H2,1H3,(H,23,24). The lowest BCUT2D eigenvalue weighted by molar-refractivity contribution is -0.277. The van der Waals surface area contributed by atoms with Crippen molar-refractivity contribution in [2.24, 2.45) is 11.7 Å². The second kappa shape index (κ2) is 8.47. The van der Waals surface area contributed by atoms with Gasteiger partial charge >= 0.3 is 18.7 Å². The first-order valence-electron chi connectivity index (χ1n) is 7.45. The molecular weight excluding hydrogens is 372 g/mol. The molecule has 0 aliphatic carbocycles. The Labute approximate surface area is 144 Å². The number of alkyl halides is 6. The van der Waals surface area contributed by atoms with Gasteiger partial charge in [0.1, 0.15) is 11.5 Å². The van der Waals surface area contributed by atoms with E-state index in [0.717, 1.165) is 18.2 Å². The van der Waals surface area contributed by atoms with Gasteiger partial charge in [-0.05, 0) is 30.9 Å². The summed E-state index contributed by atoms with van der Waals surface area (Å²) in [5.74, 6) is -5.24. The first-order valence-corrected chi connectivity index (χ1v) is 7.45. The van der Waals surface area contributed by atoms with Gasteiger partial charge in [0, 0.05) is 12.1 Å². The molecule has 0 aromatic heterocycles. The van der Waals surface area contributed by atoms with E-state index in [0.29, 0.717) is 0 Å². The molecule has 0 saturated carbocycles. The summed E-state index contributed by atoms with van der Waals surface area (Å²) in [6.45, 7) is 1.16. The van der Waals surface area contributed by atoms with E-state index in [-0.39, 0.29) is 19.4 Å². The van der Waals surface area contributed by atoms with E-state index < -0.39 is 47.6 Å². The molecule has 1 aromatic carbocycles. The van der Waals surface area contributed by atoms with Crippen LogP contribution in [0, 0.1) is 5.92 Å². The summed E-state index contributed by atoms with van der Waals surface area (Å²) in [6, 6.07) is 2.59. The number of aliphatic carboxylic acids is 1. The van der Waals surface area contributed by atoms with Crippen LogP contribution >= 0.6 is 0 Å². The molecule has 2 atom stereocenters. The van der Waals surface area contributed by atoms with Crippen LogP contribution in [-0.4, -0.2) is 30.3 Å². The summed E-state index contributed by atoms with van der Waals surface area (Å²) < 4.78 is 83.3. The van der Waals surface area contributed by atoms with Gasteiger partial charge in [-0.25, -0.2) is 0 Å². The molecule has 0 aliphatic heterocycles. The molecule has 0 bridgehead atoms. The third-order valence-corrected chi connectivity index (χ3v) is 3.58. The van der Waals surface area contributed by atoms with Gasteiger partial charge < -0.3 is 20.3 Å². The molecule has 0 radical (unpaired) electrons. The molecule has 0 aliphatic rings. The van der Waals surface area contributed by atoms with Gasteiger partial charge in [-0.1, -0.05) is 13.0 Å². The topological polar surface area (TPSA) is 81.8 Å². The van der Waals surface area contributed by atoms with Crippen molar-refractivity contribution in [2.45, 2.75) is 38.4 Å². The number of ether oxygens (including phenoxy) is 2. The predicted molar refractivity (Wildman–Crippen MR) is 77.6 cm³/mol. The zero-order valence-corrected chi connectivity index (χ0v) is 13.5. The van der Waals surface area contributed by atoms with Crippen molar-refractivity contribution < 1.29 is 45.7 Å². The zero-order valence-electron chi connectivity index (χ0n) is 13.5. The Morgan fingerprint density at radius 2 is 1.58 bits per heavy atom. The Morgan fingerprint density at radius 3 is 1.88 bits per heavy atom. The number of nitrogens with two attached hydrogens (primary N) is 1. The van der Waals surface area contributed by atoms with Crippen molar-refractivity contribution in [3.63, 3.8) is 0 Å². The lowest BCUT2D eigenvalue weighted by atomic mass is 9.85. The van der Waals surface area contributed by atoms with Crippen LogP contribution in [0.25, 0.3) is 0 Å². The van der Waals surface area contributed by atoms with Crippen molar-refractivity contribution in [3.05, 3.63) is 23.8 Å². The second-order valence-electron chi connectivity index (χ2n) is 5.38. The van der Waals surface area contributed by atoms with Crippen LogP contribution < -0.4 is 15.2 Å². The van der Waals surface area contributed by atoms with Gasteiger partial charge in [0.25, 0.3) is 0 Å². The summed E-state index contributed by atoms with van der Waals surface area (Å²) in [4.78, 5) is 11.1. The molecule has 26 heavy (non-hydrogen) atoms. The minimum absolute atomic E-state index is 0.0379. The summed E-state index contributed by atoms with van der Waals surface area (Å²) in [5.41, 5.74) is 4.82. The van der Waals surface area contributed by atoms with E-state index in [1.165, 1.54) is 6.92 Å². The maximum absolute atomic E-state index is 12.6. The van der Waals surface area contributed by atoms with Crippen LogP contribution in [0.3, 0.4) is 0 Å². The highest BCUT2D eigenvalue weighted by Gasteiger charge is 2.37. The summed E-state index contributed by atoms with van der Waals surface area (Å²) >= 11 is 0. The van der Waals surface area contributed by atoms with E-state index in [1.54, 1.807) is 0 Å². The smallest absolute Gasteiger partial charge is 0.481 e. The number of carbonyl (C=O) groups is 1. The maximum atomic E-state index is 12.6. The highest BCUT2D eigenvalue weighted by Crippen LogP contribution is 2.43. The highest BCUT2D eigenvalue weighted by atomic mass is 19.4. The molecule has 1 aromatic rings. The number of benzene rings is 1. The number of carboxylic acids is 1. The summed E-state index contributed by atoms with van der Waals surface area (Å²) in [5, 5.41) is 9.07. The second-order valence-corrected chi connectivity index (χ2v) is 5.38. The van der Waals surface area contributed by atoms with E-state index >= 15 is 0 Å².